The van der Waals surface area contributed by atoms with Crippen LogP contribution >= 0.6 is 0 Å². The molecule has 6 atom stereocenters. The van der Waals surface area contributed by atoms with Gasteiger partial charge in [-0.1, -0.05) is 19.4 Å². The highest BCUT2D eigenvalue weighted by Gasteiger charge is 2.60. The molecule has 210 valence electrons. The molecule has 9 nitrogen and oxygen atoms in total. The summed E-state index contributed by atoms with van der Waals surface area (Å²) in [5.74, 6) is 1.24. The van der Waals surface area contributed by atoms with Gasteiger partial charge in [0.05, 0.1) is 30.5 Å². The highest BCUT2D eigenvalue weighted by atomic mass is 16.7. The Balaban J connectivity index is 1.05. The molecule has 1 saturated heterocycles. The average molecular weight is 538 g/mol. The predicted octanol–water partition coefficient (Wildman–Crippen LogP) is 5.14. The Morgan fingerprint density at radius 1 is 1.10 bits per heavy atom. The SMILES string of the molecule is C[C@]12CC[C@H]3[C@@H](CCC4=CC5(CC[C@@]43C)OCCO5)[C@@H]1CC[C@@H]2OCC(=O)N/N=C/c1ccc([N+](=O)[O-])cc1. The molecule has 3 saturated carbocycles. The van der Waals surface area contributed by atoms with Crippen LogP contribution in [0.1, 0.15) is 70.8 Å². The van der Waals surface area contributed by atoms with E-state index in [0.717, 1.165) is 38.5 Å². The summed E-state index contributed by atoms with van der Waals surface area (Å²) < 4.78 is 18.3. The van der Waals surface area contributed by atoms with Gasteiger partial charge in [-0.25, -0.2) is 5.43 Å². The van der Waals surface area contributed by atoms with Crippen LogP contribution in [0.3, 0.4) is 0 Å². The van der Waals surface area contributed by atoms with Crippen LogP contribution in [0.25, 0.3) is 0 Å². The number of ether oxygens (including phenoxy) is 3. The molecule has 39 heavy (non-hydrogen) atoms. The smallest absolute Gasteiger partial charge is 0.269 e. The number of benzene rings is 1. The number of hydrazone groups is 1. The molecule has 4 fully saturated rings. The minimum Gasteiger partial charge on any atom is -0.368 e. The van der Waals surface area contributed by atoms with Gasteiger partial charge >= 0.3 is 0 Å². The second kappa shape index (κ2) is 10.1. The lowest BCUT2D eigenvalue weighted by molar-refractivity contribution is -0.384. The number of nitro groups is 1. The molecule has 6 rings (SSSR count). The summed E-state index contributed by atoms with van der Waals surface area (Å²) >= 11 is 0. The van der Waals surface area contributed by atoms with Gasteiger partial charge in [0.2, 0.25) is 0 Å². The van der Waals surface area contributed by atoms with E-state index in [0.29, 0.717) is 36.5 Å². The zero-order chi connectivity index (χ0) is 27.3. The first kappa shape index (κ1) is 26.6. The molecule has 1 amide bonds. The van der Waals surface area contributed by atoms with E-state index in [4.69, 9.17) is 14.2 Å². The van der Waals surface area contributed by atoms with E-state index in [1.54, 1.807) is 17.7 Å². The summed E-state index contributed by atoms with van der Waals surface area (Å²) in [4.78, 5) is 22.8. The number of carbonyl (C=O) groups is 1. The standard InChI is InChI=1S/C30H39N3O6/c1-28-13-14-30(38-15-16-39-30)17-21(28)5-8-23-24-9-10-26(29(24,2)12-11-25(23)28)37-19-27(34)32-31-18-20-3-6-22(7-4-20)33(35)36/h3-4,6-7,17-18,23-26H,5,8-16,19H2,1-2H3,(H,32,34)/b31-18+/t23-,24-,25-,26-,28-,29-/m0/s1. The Morgan fingerprint density at radius 2 is 1.87 bits per heavy atom. The first-order valence-corrected chi connectivity index (χ1v) is 14.4. The zero-order valence-electron chi connectivity index (χ0n) is 22.9. The molecule has 1 aromatic rings. The molecule has 1 aromatic carbocycles. The fourth-order valence-electron chi connectivity index (χ4n) is 8.67. The number of fused-ring (bicyclic) bond motifs is 5. The Kier molecular flexibility index (Phi) is 6.88. The third-order valence-corrected chi connectivity index (χ3v) is 10.7. The highest BCUT2D eigenvalue weighted by Crippen LogP contribution is 2.66. The molecule has 5 aliphatic rings. The number of hydrogen-bond acceptors (Lipinski definition) is 7. The second-order valence-electron chi connectivity index (χ2n) is 12.6. The largest absolute Gasteiger partial charge is 0.368 e. The van der Waals surface area contributed by atoms with E-state index in [9.17, 15) is 14.9 Å². The normalized spacial score (nSPS) is 36.7. The maximum Gasteiger partial charge on any atom is 0.269 e. The van der Waals surface area contributed by atoms with E-state index in [-0.39, 0.29) is 35.1 Å². The minimum atomic E-state index is -0.469. The number of nitro benzene ring substituents is 1. The van der Waals surface area contributed by atoms with Crippen LogP contribution in [-0.4, -0.2) is 48.8 Å². The minimum absolute atomic E-state index is 0.0154. The number of carbonyl (C=O) groups excluding carboxylic acids is 1. The van der Waals surface area contributed by atoms with Crippen molar-refractivity contribution in [2.24, 2.45) is 33.7 Å². The summed E-state index contributed by atoms with van der Waals surface area (Å²) in [6.45, 7) is 6.24. The number of rotatable bonds is 6. The molecule has 1 heterocycles. The van der Waals surface area contributed by atoms with Crippen LogP contribution in [0, 0.1) is 38.7 Å². The second-order valence-corrected chi connectivity index (χ2v) is 12.6. The first-order valence-electron chi connectivity index (χ1n) is 14.4. The Bertz CT molecular complexity index is 1180. The Labute approximate surface area is 229 Å². The van der Waals surface area contributed by atoms with E-state index < -0.39 is 10.7 Å². The van der Waals surface area contributed by atoms with Crippen LogP contribution in [0.15, 0.2) is 41.0 Å². The van der Waals surface area contributed by atoms with E-state index in [1.165, 1.54) is 31.2 Å². The highest BCUT2D eigenvalue weighted by molar-refractivity contribution is 5.83. The van der Waals surface area contributed by atoms with Crippen molar-refractivity contribution in [3.8, 4) is 0 Å². The zero-order valence-corrected chi connectivity index (χ0v) is 22.9. The van der Waals surface area contributed by atoms with Crippen LogP contribution < -0.4 is 5.43 Å². The first-order chi connectivity index (χ1) is 18.7. The number of allylic oxidation sites excluding steroid dienone is 1. The lowest BCUT2D eigenvalue weighted by Crippen LogP contribution is -2.53. The van der Waals surface area contributed by atoms with Crippen molar-refractivity contribution in [1.29, 1.82) is 0 Å². The lowest BCUT2D eigenvalue weighted by Gasteiger charge is -2.59. The van der Waals surface area contributed by atoms with Crippen molar-refractivity contribution in [2.75, 3.05) is 19.8 Å². The summed E-state index contributed by atoms with van der Waals surface area (Å²) in [6.07, 6.45) is 12.8. The predicted molar refractivity (Wildman–Crippen MR) is 145 cm³/mol. The van der Waals surface area contributed by atoms with Gasteiger partial charge in [0.25, 0.3) is 11.6 Å². The van der Waals surface area contributed by atoms with Gasteiger partial charge in [0, 0.05) is 18.6 Å². The van der Waals surface area contributed by atoms with Gasteiger partial charge in [0.1, 0.15) is 6.61 Å². The molecule has 0 aromatic heterocycles. The Morgan fingerprint density at radius 3 is 2.62 bits per heavy atom. The van der Waals surface area contributed by atoms with Crippen molar-refractivity contribution in [3.05, 3.63) is 51.6 Å². The maximum atomic E-state index is 12.5. The van der Waals surface area contributed by atoms with Crippen molar-refractivity contribution in [2.45, 2.75) is 77.1 Å². The maximum absolute atomic E-state index is 12.5. The summed E-state index contributed by atoms with van der Waals surface area (Å²) in [5.41, 5.74) is 5.08. The van der Waals surface area contributed by atoms with Crippen molar-refractivity contribution in [1.82, 2.24) is 5.43 Å². The number of non-ortho nitro benzene ring substituents is 1. The number of nitrogens with zero attached hydrogens (tertiary/aromatic N) is 2. The number of hydrogen-bond donors (Lipinski definition) is 1. The average Bonchev–Trinajstić information content (AvgIpc) is 3.52. The third-order valence-electron chi connectivity index (χ3n) is 10.7. The monoisotopic (exact) mass is 537 g/mol. The Hall–Kier alpha value is -2.62. The fraction of sp³-hybridized carbons (Fsp3) is 0.667. The quantitative estimate of drug-likeness (QED) is 0.233. The van der Waals surface area contributed by atoms with Gasteiger partial charge in [-0.3, -0.25) is 14.9 Å². The number of amides is 1. The summed E-state index contributed by atoms with van der Waals surface area (Å²) in [5, 5.41) is 14.8. The third kappa shape index (κ3) is 4.72. The van der Waals surface area contributed by atoms with Gasteiger partial charge in [-0.05, 0) is 97.3 Å². The van der Waals surface area contributed by atoms with Gasteiger partial charge in [0.15, 0.2) is 5.79 Å². The van der Waals surface area contributed by atoms with Crippen LogP contribution in [0.5, 0.6) is 0 Å². The molecule has 9 heteroatoms. The molecule has 4 aliphatic carbocycles. The lowest BCUT2D eigenvalue weighted by atomic mass is 9.47. The summed E-state index contributed by atoms with van der Waals surface area (Å²) in [7, 11) is 0. The van der Waals surface area contributed by atoms with Crippen LogP contribution in [0.2, 0.25) is 0 Å². The van der Waals surface area contributed by atoms with Gasteiger partial charge in [-0.2, -0.15) is 5.10 Å². The van der Waals surface area contributed by atoms with Crippen LogP contribution in [0.4, 0.5) is 5.69 Å². The van der Waals surface area contributed by atoms with E-state index in [2.05, 4.69) is 30.5 Å². The van der Waals surface area contributed by atoms with Crippen LogP contribution in [-0.2, 0) is 19.0 Å². The molecule has 1 N–H and O–H groups in total. The molecular weight excluding hydrogens is 498 g/mol. The number of nitrogens with one attached hydrogen (secondary N) is 1. The molecule has 0 bridgehead atoms. The van der Waals surface area contributed by atoms with Gasteiger partial charge < -0.3 is 14.2 Å². The van der Waals surface area contributed by atoms with Crippen molar-refractivity contribution < 1.29 is 23.9 Å². The van der Waals surface area contributed by atoms with Gasteiger partial charge in [-0.15, -0.1) is 0 Å². The summed E-state index contributed by atoms with van der Waals surface area (Å²) in [6, 6.07) is 5.99. The van der Waals surface area contributed by atoms with Crippen molar-refractivity contribution in [3.63, 3.8) is 0 Å². The molecule has 1 spiro atoms. The molecular formula is C30H39N3O6. The van der Waals surface area contributed by atoms with Crippen molar-refractivity contribution >= 4 is 17.8 Å². The van der Waals surface area contributed by atoms with E-state index in [1.807, 2.05) is 0 Å². The molecule has 1 aliphatic heterocycles. The topological polar surface area (TPSA) is 112 Å². The molecule has 0 unspecified atom stereocenters. The molecule has 0 radical (unpaired) electrons. The fourth-order valence-corrected chi connectivity index (χ4v) is 8.67. The van der Waals surface area contributed by atoms with E-state index >= 15 is 0 Å².